The van der Waals surface area contributed by atoms with Crippen LogP contribution in [0.15, 0.2) is 54.6 Å². The van der Waals surface area contributed by atoms with Crippen molar-refractivity contribution in [1.29, 1.82) is 0 Å². The van der Waals surface area contributed by atoms with E-state index in [-0.39, 0.29) is 12.3 Å². The highest BCUT2D eigenvalue weighted by molar-refractivity contribution is 5.30. The molecule has 1 unspecified atom stereocenters. The van der Waals surface area contributed by atoms with Crippen molar-refractivity contribution in [3.63, 3.8) is 0 Å². The molecule has 6 heteroatoms. The summed E-state index contributed by atoms with van der Waals surface area (Å²) in [6, 6.07) is 14.4. The van der Waals surface area contributed by atoms with Crippen LogP contribution in [0.3, 0.4) is 0 Å². The zero-order chi connectivity index (χ0) is 16.0. The van der Waals surface area contributed by atoms with Crippen LogP contribution in [0.2, 0.25) is 0 Å². The lowest BCUT2D eigenvalue weighted by Gasteiger charge is -2.20. The first-order valence-corrected chi connectivity index (χ1v) is 7.04. The number of nitrogens with one attached hydrogen (secondary N) is 1. The molecule has 0 bridgehead atoms. The van der Waals surface area contributed by atoms with Crippen LogP contribution >= 0.6 is 0 Å². The van der Waals surface area contributed by atoms with Gasteiger partial charge in [0.2, 0.25) is 0 Å². The second-order valence-corrected chi connectivity index (χ2v) is 4.93. The predicted octanol–water partition coefficient (Wildman–Crippen LogP) is 4.60. The molecule has 0 radical (unpaired) electrons. The Kier molecular flexibility index (Phi) is 7.06. The van der Waals surface area contributed by atoms with Crippen molar-refractivity contribution in [3.05, 3.63) is 65.7 Å². The number of hydrogen-bond acceptors (Lipinski definition) is 3. The molecule has 126 valence electrons. The first-order chi connectivity index (χ1) is 10.5. The van der Waals surface area contributed by atoms with Crippen LogP contribution in [0.1, 0.15) is 23.7 Å². The van der Waals surface area contributed by atoms with Crippen LogP contribution in [0, 0.1) is 0 Å². The second kappa shape index (κ2) is 8.55. The summed E-state index contributed by atoms with van der Waals surface area (Å²) >= 11 is 0. The summed E-state index contributed by atoms with van der Waals surface area (Å²) in [7, 11) is 1.85. The molecule has 0 aliphatic rings. The maximum absolute atomic E-state index is 12.6. The van der Waals surface area contributed by atoms with Gasteiger partial charge in [0, 0.05) is 6.42 Å². The Hall–Kier alpha value is -2.05. The number of alkyl halides is 3. The van der Waals surface area contributed by atoms with Crippen molar-refractivity contribution in [2.45, 2.75) is 18.7 Å². The van der Waals surface area contributed by atoms with E-state index in [4.69, 9.17) is 4.74 Å². The number of halogens is 3. The average Bonchev–Trinajstić information content (AvgIpc) is 2.52. The molecule has 0 fully saturated rings. The summed E-state index contributed by atoms with van der Waals surface area (Å²) in [4.78, 5) is 0. The van der Waals surface area contributed by atoms with Gasteiger partial charge < -0.3 is 16.2 Å². The normalized spacial score (nSPS) is 12.3. The van der Waals surface area contributed by atoms with Crippen LogP contribution in [0.5, 0.6) is 5.75 Å². The Morgan fingerprint density at radius 2 is 1.61 bits per heavy atom. The highest BCUT2D eigenvalue weighted by Crippen LogP contribution is 2.31. The molecule has 0 aliphatic heterocycles. The molecular weight excluding hydrogens is 305 g/mol. The molecule has 4 N–H and O–H groups in total. The maximum Gasteiger partial charge on any atom is 0.416 e. The number of benzene rings is 2. The van der Waals surface area contributed by atoms with Gasteiger partial charge in [-0.15, -0.1) is 0 Å². The summed E-state index contributed by atoms with van der Waals surface area (Å²) in [6.45, 7) is 0.750. The van der Waals surface area contributed by atoms with E-state index < -0.39 is 11.7 Å². The largest absolute Gasteiger partial charge is 0.486 e. The van der Waals surface area contributed by atoms with Gasteiger partial charge in [-0.05, 0) is 43.4 Å². The third-order valence-corrected chi connectivity index (χ3v) is 3.29. The van der Waals surface area contributed by atoms with Crippen LogP contribution in [-0.2, 0) is 6.18 Å². The van der Waals surface area contributed by atoms with E-state index >= 15 is 0 Å². The SMILES string of the molecule is CNCCC(Oc1ccc(C(F)(F)F)cc1)c1ccccc1.N. The fourth-order valence-corrected chi connectivity index (χ4v) is 2.12. The van der Waals surface area contributed by atoms with E-state index in [2.05, 4.69) is 5.32 Å². The van der Waals surface area contributed by atoms with Crippen molar-refractivity contribution in [2.24, 2.45) is 0 Å². The fraction of sp³-hybridized carbons (Fsp3) is 0.294. The van der Waals surface area contributed by atoms with Gasteiger partial charge in [0.15, 0.2) is 0 Å². The lowest BCUT2D eigenvalue weighted by molar-refractivity contribution is -0.137. The van der Waals surface area contributed by atoms with Gasteiger partial charge in [0.25, 0.3) is 0 Å². The first kappa shape index (κ1) is 19.0. The Balaban J connectivity index is 0.00000264. The lowest BCUT2D eigenvalue weighted by atomic mass is 10.1. The molecule has 2 rings (SSSR count). The van der Waals surface area contributed by atoms with Gasteiger partial charge in [-0.1, -0.05) is 30.3 Å². The average molecular weight is 326 g/mol. The number of rotatable bonds is 6. The molecule has 0 heterocycles. The van der Waals surface area contributed by atoms with Crippen LogP contribution in [-0.4, -0.2) is 13.6 Å². The highest BCUT2D eigenvalue weighted by Gasteiger charge is 2.30. The van der Waals surface area contributed by atoms with Gasteiger partial charge in [-0.3, -0.25) is 0 Å². The van der Waals surface area contributed by atoms with Crippen LogP contribution in [0.4, 0.5) is 13.2 Å². The molecule has 2 aromatic carbocycles. The molecular formula is C17H21F3N2O. The van der Waals surface area contributed by atoms with Crippen molar-refractivity contribution in [2.75, 3.05) is 13.6 Å². The molecule has 0 aromatic heterocycles. The molecule has 0 amide bonds. The van der Waals surface area contributed by atoms with Gasteiger partial charge in [-0.2, -0.15) is 13.2 Å². The van der Waals surface area contributed by atoms with E-state index in [0.717, 1.165) is 30.7 Å². The minimum Gasteiger partial charge on any atom is -0.486 e. The summed E-state index contributed by atoms with van der Waals surface area (Å²) in [6.07, 6.45) is -3.81. The number of ether oxygens (including phenoxy) is 1. The Labute approximate surface area is 134 Å². The summed E-state index contributed by atoms with van der Waals surface area (Å²) in [5, 5.41) is 3.05. The standard InChI is InChI=1S/C17H18F3NO.H3N/c1-21-12-11-16(13-5-3-2-4-6-13)22-15-9-7-14(8-10-15)17(18,19)20;/h2-10,16,21H,11-12H2,1H3;1H3. The highest BCUT2D eigenvalue weighted by atomic mass is 19.4. The summed E-state index contributed by atoms with van der Waals surface area (Å²) in [5.74, 6) is 0.429. The third kappa shape index (κ3) is 5.58. The molecule has 1 atom stereocenters. The summed E-state index contributed by atoms with van der Waals surface area (Å²) in [5.41, 5.74) is 0.323. The van der Waals surface area contributed by atoms with Gasteiger partial charge >= 0.3 is 6.18 Å². The van der Waals surface area contributed by atoms with Crippen molar-refractivity contribution in [3.8, 4) is 5.75 Å². The van der Waals surface area contributed by atoms with E-state index in [1.54, 1.807) is 0 Å². The van der Waals surface area contributed by atoms with Crippen molar-refractivity contribution >= 4 is 0 Å². The van der Waals surface area contributed by atoms with Crippen molar-refractivity contribution in [1.82, 2.24) is 11.5 Å². The Morgan fingerprint density at radius 3 is 2.13 bits per heavy atom. The van der Waals surface area contributed by atoms with Gasteiger partial charge in [0.05, 0.1) is 5.56 Å². The Morgan fingerprint density at radius 1 is 1.00 bits per heavy atom. The molecule has 2 aromatic rings. The molecule has 0 aliphatic carbocycles. The van der Waals surface area contributed by atoms with E-state index in [1.807, 2.05) is 37.4 Å². The minimum absolute atomic E-state index is 0. The Bertz CT molecular complexity index is 571. The van der Waals surface area contributed by atoms with E-state index in [0.29, 0.717) is 5.75 Å². The molecule has 23 heavy (non-hydrogen) atoms. The van der Waals surface area contributed by atoms with E-state index in [1.165, 1.54) is 12.1 Å². The maximum atomic E-state index is 12.6. The van der Waals surface area contributed by atoms with E-state index in [9.17, 15) is 13.2 Å². The van der Waals surface area contributed by atoms with Crippen LogP contribution in [0.25, 0.3) is 0 Å². The number of hydrogen-bond donors (Lipinski definition) is 2. The predicted molar refractivity (Wildman–Crippen MR) is 84.8 cm³/mol. The molecule has 0 saturated carbocycles. The monoisotopic (exact) mass is 326 g/mol. The summed E-state index contributed by atoms with van der Waals surface area (Å²) < 4.78 is 43.6. The van der Waals surface area contributed by atoms with Gasteiger partial charge in [0.1, 0.15) is 11.9 Å². The minimum atomic E-state index is -4.33. The quantitative estimate of drug-likeness (QED) is 0.816. The first-order valence-electron chi connectivity index (χ1n) is 7.04. The van der Waals surface area contributed by atoms with Crippen LogP contribution < -0.4 is 16.2 Å². The molecule has 0 saturated heterocycles. The third-order valence-electron chi connectivity index (χ3n) is 3.29. The smallest absolute Gasteiger partial charge is 0.416 e. The zero-order valence-corrected chi connectivity index (χ0v) is 12.9. The second-order valence-electron chi connectivity index (χ2n) is 4.93. The van der Waals surface area contributed by atoms with Crippen molar-refractivity contribution < 1.29 is 17.9 Å². The zero-order valence-electron chi connectivity index (χ0n) is 12.9. The molecule has 0 spiro atoms. The van der Waals surface area contributed by atoms with Gasteiger partial charge in [-0.25, -0.2) is 0 Å². The lowest BCUT2D eigenvalue weighted by Crippen LogP contribution is -2.16. The topological polar surface area (TPSA) is 56.3 Å². The molecule has 3 nitrogen and oxygen atoms in total. The fourth-order valence-electron chi connectivity index (χ4n) is 2.12.